The standard InChI is InChI=1S/C23H21N3O5/c1-14-24(2)22(29)19-21(28)20(27)17(23(30)31)13-25(19)26(14)18(15-9-5-3-6-10-15)16-11-7-4-8-12-16/h3-14,18,28H,1-2H3,(H,30,31). The van der Waals surface area contributed by atoms with E-state index >= 15 is 0 Å². The molecule has 0 saturated carbocycles. The van der Waals surface area contributed by atoms with Gasteiger partial charge in [-0.1, -0.05) is 60.7 Å². The van der Waals surface area contributed by atoms with E-state index in [0.29, 0.717) is 0 Å². The molecule has 0 spiro atoms. The van der Waals surface area contributed by atoms with Crippen molar-refractivity contribution in [1.29, 1.82) is 0 Å². The highest BCUT2D eigenvalue weighted by Gasteiger charge is 2.40. The Morgan fingerprint density at radius 1 is 0.968 bits per heavy atom. The molecule has 8 nitrogen and oxygen atoms in total. The van der Waals surface area contributed by atoms with Crippen molar-refractivity contribution in [1.82, 2.24) is 9.58 Å². The summed E-state index contributed by atoms with van der Waals surface area (Å²) in [5, 5.41) is 21.8. The Labute approximate surface area is 178 Å². The summed E-state index contributed by atoms with van der Waals surface area (Å²) in [6.45, 7) is 1.80. The predicted molar refractivity (Wildman–Crippen MR) is 114 cm³/mol. The van der Waals surface area contributed by atoms with Crippen LogP contribution in [0.1, 0.15) is 44.9 Å². The third-order valence-electron chi connectivity index (χ3n) is 5.61. The number of benzene rings is 2. The fourth-order valence-corrected chi connectivity index (χ4v) is 3.93. The first kappa shape index (κ1) is 20.2. The van der Waals surface area contributed by atoms with Gasteiger partial charge in [0.1, 0.15) is 11.7 Å². The van der Waals surface area contributed by atoms with Crippen molar-refractivity contribution in [2.45, 2.75) is 19.1 Å². The first-order chi connectivity index (χ1) is 14.8. The quantitative estimate of drug-likeness (QED) is 0.673. The summed E-state index contributed by atoms with van der Waals surface area (Å²) in [6.07, 6.45) is 0.592. The van der Waals surface area contributed by atoms with Crippen molar-refractivity contribution in [2.75, 3.05) is 12.1 Å². The molecule has 2 N–H and O–H groups in total. The largest absolute Gasteiger partial charge is 0.502 e. The molecule has 1 aliphatic heterocycles. The SMILES string of the molecule is CC1N(C)C(=O)c2c(O)c(=O)c(C(=O)O)cn2N1C(c1ccccc1)c1ccccc1. The average Bonchev–Trinajstić information content (AvgIpc) is 2.78. The van der Waals surface area contributed by atoms with E-state index in [4.69, 9.17) is 0 Å². The Kier molecular flexibility index (Phi) is 4.98. The van der Waals surface area contributed by atoms with Crippen LogP contribution in [0.5, 0.6) is 5.75 Å². The number of hydrogen-bond acceptors (Lipinski definition) is 5. The number of pyridine rings is 1. The summed E-state index contributed by atoms with van der Waals surface area (Å²) in [5.74, 6) is -2.94. The molecule has 1 unspecified atom stereocenters. The number of aromatic carboxylic acids is 1. The second-order valence-corrected chi connectivity index (χ2v) is 7.37. The lowest BCUT2D eigenvalue weighted by molar-refractivity contribution is 0.0627. The van der Waals surface area contributed by atoms with Crippen LogP contribution >= 0.6 is 0 Å². The highest BCUT2D eigenvalue weighted by Crippen LogP contribution is 2.34. The van der Waals surface area contributed by atoms with E-state index in [9.17, 15) is 24.6 Å². The number of hydrogen-bond donors (Lipinski definition) is 2. The predicted octanol–water partition coefficient (Wildman–Crippen LogP) is 2.41. The van der Waals surface area contributed by atoms with Crippen molar-refractivity contribution < 1.29 is 19.8 Å². The third kappa shape index (κ3) is 3.22. The van der Waals surface area contributed by atoms with Crippen LogP contribution in [0.25, 0.3) is 0 Å². The Morgan fingerprint density at radius 2 is 1.48 bits per heavy atom. The normalized spacial score (nSPS) is 15.8. The number of carbonyl (C=O) groups is 2. The molecular weight excluding hydrogens is 398 g/mol. The van der Waals surface area contributed by atoms with Gasteiger partial charge in [-0.05, 0) is 18.1 Å². The van der Waals surface area contributed by atoms with Gasteiger partial charge in [0.25, 0.3) is 5.91 Å². The molecule has 0 aliphatic carbocycles. The van der Waals surface area contributed by atoms with Gasteiger partial charge < -0.3 is 15.1 Å². The molecule has 1 aromatic heterocycles. The monoisotopic (exact) mass is 419 g/mol. The van der Waals surface area contributed by atoms with Gasteiger partial charge >= 0.3 is 5.97 Å². The fourth-order valence-electron chi connectivity index (χ4n) is 3.93. The molecule has 2 heterocycles. The van der Waals surface area contributed by atoms with Gasteiger partial charge in [-0.3, -0.25) is 19.3 Å². The van der Waals surface area contributed by atoms with Gasteiger partial charge in [0.05, 0.1) is 6.04 Å². The van der Waals surface area contributed by atoms with Crippen LogP contribution < -0.4 is 10.4 Å². The number of carboxylic acids is 1. The van der Waals surface area contributed by atoms with Crippen molar-refractivity contribution >= 4 is 11.9 Å². The lowest BCUT2D eigenvalue weighted by Gasteiger charge is -2.47. The lowest BCUT2D eigenvalue weighted by Crippen LogP contribution is -2.60. The number of rotatable bonds is 4. The minimum atomic E-state index is -1.48. The van der Waals surface area contributed by atoms with E-state index in [1.54, 1.807) is 19.0 Å². The molecule has 2 aromatic carbocycles. The Bertz CT molecular complexity index is 1170. The second kappa shape index (κ2) is 7.64. The van der Waals surface area contributed by atoms with Crippen LogP contribution in [0.2, 0.25) is 0 Å². The van der Waals surface area contributed by atoms with Gasteiger partial charge in [0.2, 0.25) is 5.43 Å². The van der Waals surface area contributed by atoms with Crippen LogP contribution in [0.4, 0.5) is 0 Å². The van der Waals surface area contributed by atoms with Gasteiger partial charge in [0.15, 0.2) is 11.4 Å². The average molecular weight is 419 g/mol. The fraction of sp³-hybridized carbons (Fsp3) is 0.174. The van der Waals surface area contributed by atoms with Gasteiger partial charge in [-0.15, -0.1) is 0 Å². The Morgan fingerprint density at radius 3 is 1.97 bits per heavy atom. The minimum absolute atomic E-state index is 0.271. The number of aromatic nitrogens is 1. The number of nitrogens with zero attached hydrogens (tertiary/aromatic N) is 3. The molecule has 4 rings (SSSR count). The maximum Gasteiger partial charge on any atom is 0.341 e. The maximum atomic E-state index is 13.0. The number of amides is 1. The van der Waals surface area contributed by atoms with E-state index in [1.807, 2.05) is 60.7 Å². The second-order valence-electron chi connectivity index (χ2n) is 7.37. The summed E-state index contributed by atoms with van der Waals surface area (Å²) >= 11 is 0. The molecule has 0 fully saturated rings. The first-order valence-electron chi connectivity index (χ1n) is 9.70. The minimum Gasteiger partial charge on any atom is -0.502 e. The molecule has 1 atom stereocenters. The molecule has 0 saturated heterocycles. The summed E-state index contributed by atoms with van der Waals surface area (Å²) in [7, 11) is 1.57. The molecule has 0 radical (unpaired) electrons. The van der Waals surface area contributed by atoms with E-state index in [1.165, 1.54) is 9.58 Å². The number of carboxylic acid groups (broad SMARTS) is 1. The topological polar surface area (TPSA) is 103 Å². The molecule has 31 heavy (non-hydrogen) atoms. The number of fused-ring (bicyclic) bond motifs is 1. The molecule has 8 heteroatoms. The molecule has 3 aromatic rings. The van der Waals surface area contributed by atoms with Crippen LogP contribution in [-0.4, -0.2) is 44.9 Å². The van der Waals surface area contributed by atoms with E-state index < -0.39 is 40.8 Å². The molecular formula is C23H21N3O5. The summed E-state index contributed by atoms with van der Waals surface area (Å²) in [5.41, 5.74) is -0.192. The Hall–Kier alpha value is -4.07. The van der Waals surface area contributed by atoms with Crippen LogP contribution in [0.15, 0.2) is 71.7 Å². The molecule has 158 valence electrons. The summed E-state index contributed by atoms with van der Waals surface area (Å²) in [4.78, 5) is 38.4. The van der Waals surface area contributed by atoms with Crippen LogP contribution in [0, 0.1) is 0 Å². The first-order valence-corrected chi connectivity index (χ1v) is 9.70. The van der Waals surface area contributed by atoms with Crippen molar-refractivity contribution in [2.24, 2.45) is 0 Å². The summed E-state index contributed by atoms with van der Waals surface area (Å²) < 4.78 is 1.30. The highest BCUT2D eigenvalue weighted by atomic mass is 16.4. The third-order valence-corrected chi connectivity index (χ3v) is 5.61. The van der Waals surface area contributed by atoms with Gasteiger partial charge in [-0.25, -0.2) is 4.79 Å². The zero-order valence-corrected chi connectivity index (χ0v) is 17.0. The summed E-state index contributed by atoms with van der Waals surface area (Å²) in [6, 6.07) is 18.6. The molecule has 1 amide bonds. The van der Waals surface area contributed by atoms with Crippen molar-refractivity contribution in [3.8, 4) is 5.75 Å². The van der Waals surface area contributed by atoms with Gasteiger partial charge in [-0.2, -0.15) is 0 Å². The highest BCUT2D eigenvalue weighted by molar-refractivity contribution is 5.98. The smallest absolute Gasteiger partial charge is 0.341 e. The van der Waals surface area contributed by atoms with E-state index in [-0.39, 0.29) is 5.69 Å². The maximum absolute atomic E-state index is 13.0. The van der Waals surface area contributed by atoms with Crippen LogP contribution in [0.3, 0.4) is 0 Å². The van der Waals surface area contributed by atoms with Crippen LogP contribution in [-0.2, 0) is 0 Å². The van der Waals surface area contributed by atoms with Crippen molar-refractivity contribution in [3.05, 3.63) is 99.5 Å². The van der Waals surface area contributed by atoms with Crippen molar-refractivity contribution in [3.63, 3.8) is 0 Å². The van der Waals surface area contributed by atoms with E-state index in [2.05, 4.69) is 0 Å². The Balaban J connectivity index is 2.05. The van der Waals surface area contributed by atoms with E-state index in [0.717, 1.165) is 17.3 Å². The lowest BCUT2D eigenvalue weighted by atomic mass is 9.97. The zero-order valence-electron chi connectivity index (χ0n) is 17.0. The van der Waals surface area contributed by atoms with Gasteiger partial charge in [0, 0.05) is 13.2 Å². The molecule has 0 bridgehead atoms. The zero-order chi connectivity index (χ0) is 22.3. The molecule has 1 aliphatic rings. The number of carbonyl (C=O) groups excluding carboxylic acids is 1. The number of aromatic hydroxyl groups is 1.